The van der Waals surface area contributed by atoms with E-state index >= 15 is 0 Å². The van der Waals surface area contributed by atoms with Gasteiger partial charge in [0.15, 0.2) is 0 Å². The van der Waals surface area contributed by atoms with E-state index in [1.807, 2.05) is 30.3 Å². The van der Waals surface area contributed by atoms with Crippen LogP contribution < -0.4 is 0 Å². The van der Waals surface area contributed by atoms with Crippen LogP contribution in [0.15, 0.2) is 30.3 Å². The molecule has 2 bridgehead atoms. The molecule has 2 fully saturated rings. The first kappa shape index (κ1) is 13.9. The first-order chi connectivity index (χ1) is 10.1. The summed E-state index contributed by atoms with van der Waals surface area (Å²) >= 11 is 0. The first-order valence-electron chi connectivity index (χ1n) is 6.98. The van der Waals surface area contributed by atoms with Gasteiger partial charge in [0.1, 0.15) is 12.6 Å². The number of piperidine rings is 1. The molecule has 1 amide bonds. The average molecular weight is 291 g/mol. The quantitative estimate of drug-likeness (QED) is 0.818. The number of hydrogen-bond donors (Lipinski definition) is 2. The van der Waals surface area contributed by atoms with Crippen molar-refractivity contribution in [1.29, 1.82) is 0 Å². The molecule has 1 aliphatic heterocycles. The molecule has 0 radical (unpaired) electrons. The largest absolute Gasteiger partial charge is 0.465 e. The van der Waals surface area contributed by atoms with Gasteiger partial charge < -0.3 is 14.9 Å². The smallest absolute Gasteiger partial charge is 0.408 e. The molecule has 2 aliphatic rings. The van der Waals surface area contributed by atoms with Gasteiger partial charge in [-0.25, -0.2) is 9.59 Å². The van der Waals surface area contributed by atoms with E-state index in [1.54, 1.807) is 0 Å². The Balaban J connectivity index is 1.68. The van der Waals surface area contributed by atoms with Crippen molar-refractivity contribution in [1.82, 2.24) is 4.90 Å². The van der Waals surface area contributed by atoms with Crippen LogP contribution in [-0.2, 0) is 16.1 Å². The van der Waals surface area contributed by atoms with Crippen molar-refractivity contribution in [3.63, 3.8) is 0 Å². The van der Waals surface area contributed by atoms with E-state index in [2.05, 4.69) is 0 Å². The van der Waals surface area contributed by atoms with Crippen LogP contribution in [0.4, 0.5) is 4.79 Å². The molecule has 3 rings (SSSR count). The van der Waals surface area contributed by atoms with Gasteiger partial charge in [0.05, 0.1) is 12.1 Å². The number of ether oxygens (including phenoxy) is 1. The number of rotatable bonds is 3. The summed E-state index contributed by atoms with van der Waals surface area (Å²) < 4.78 is 5.25. The second kappa shape index (κ2) is 5.37. The van der Waals surface area contributed by atoms with Crippen molar-refractivity contribution in [3.05, 3.63) is 35.9 Å². The molecule has 1 saturated carbocycles. The normalized spacial score (nSPS) is 30.4. The van der Waals surface area contributed by atoms with Crippen molar-refractivity contribution in [2.45, 2.75) is 37.6 Å². The number of esters is 1. The van der Waals surface area contributed by atoms with Crippen molar-refractivity contribution >= 4 is 12.1 Å². The van der Waals surface area contributed by atoms with Gasteiger partial charge in [-0.05, 0) is 24.3 Å². The zero-order valence-corrected chi connectivity index (χ0v) is 11.4. The van der Waals surface area contributed by atoms with E-state index in [9.17, 15) is 19.8 Å². The summed E-state index contributed by atoms with van der Waals surface area (Å²) in [5.74, 6) is -0.676. The molecule has 0 unspecified atom stereocenters. The highest BCUT2D eigenvalue weighted by atomic mass is 16.5. The van der Waals surface area contributed by atoms with Gasteiger partial charge in [0.25, 0.3) is 0 Å². The summed E-state index contributed by atoms with van der Waals surface area (Å²) in [6, 6.07) is 7.97. The minimum absolute atomic E-state index is 0.129. The van der Waals surface area contributed by atoms with Gasteiger partial charge in [-0.3, -0.25) is 4.90 Å². The highest BCUT2D eigenvalue weighted by Gasteiger charge is 2.56. The van der Waals surface area contributed by atoms with Crippen LogP contribution in [-0.4, -0.2) is 45.4 Å². The zero-order valence-electron chi connectivity index (χ0n) is 11.4. The number of amides is 1. The monoisotopic (exact) mass is 291 g/mol. The maximum atomic E-state index is 12.2. The fourth-order valence-corrected chi connectivity index (χ4v) is 3.40. The summed E-state index contributed by atoms with van der Waals surface area (Å²) in [5.41, 5.74) is 0.857. The van der Waals surface area contributed by atoms with E-state index in [0.717, 1.165) is 10.5 Å². The highest BCUT2D eigenvalue weighted by molar-refractivity contribution is 5.82. The molecule has 2 N–H and O–H groups in total. The maximum Gasteiger partial charge on any atom is 0.408 e. The van der Waals surface area contributed by atoms with E-state index in [-0.39, 0.29) is 12.5 Å². The summed E-state index contributed by atoms with van der Waals surface area (Å²) in [6.07, 6.45) is -0.870. The number of likely N-dealkylation sites (tertiary alicyclic amines) is 1. The van der Waals surface area contributed by atoms with Crippen molar-refractivity contribution < 1.29 is 24.5 Å². The third-order valence-corrected chi connectivity index (χ3v) is 4.32. The lowest BCUT2D eigenvalue weighted by atomic mass is 9.98. The Labute approximate surface area is 121 Å². The molecule has 4 atom stereocenters. The van der Waals surface area contributed by atoms with Gasteiger partial charge in [-0.1, -0.05) is 30.3 Å². The average Bonchev–Trinajstić information content (AvgIpc) is 3.02. The summed E-state index contributed by atoms with van der Waals surface area (Å²) in [6.45, 7) is 0.129. The maximum absolute atomic E-state index is 12.2. The third-order valence-electron chi connectivity index (χ3n) is 4.32. The molecule has 0 spiro atoms. The second-order valence-electron chi connectivity index (χ2n) is 5.59. The summed E-state index contributed by atoms with van der Waals surface area (Å²) in [4.78, 5) is 24.6. The Bertz CT molecular complexity index is 546. The molecule has 1 aromatic rings. The van der Waals surface area contributed by atoms with Gasteiger partial charge in [0.2, 0.25) is 0 Å². The van der Waals surface area contributed by atoms with Gasteiger partial charge in [0, 0.05) is 0 Å². The van der Waals surface area contributed by atoms with Crippen LogP contribution in [0.5, 0.6) is 0 Å². The van der Waals surface area contributed by atoms with Gasteiger partial charge >= 0.3 is 12.1 Å². The highest BCUT2D eigenvalue weighted by Crippen LogP contribution is 2.43. The Morgan fingerprint density at radius 3 is 2.62 bits per heavy atom. The fraction of sp³-hybridized carbons (Fsp3) is 0.467. The van der Waals surface area contributed by atoms with Crippen LogP contribution in [0.25, 0.3) is 0 Å². The number of hydrogen-bond acceptors (Lipinski definition) is 4. The molecular weight excluding hydrogens is 274 g/mol. The molecule has 6 nitrogen and oxygen atoms in total. The number of carboxylic acid groups (broad SMARTS) is 1. The predicted octanol–water partition coefficient (Wildman–Crippen LogP) is 1.23. The minimum atomic E-state index is -1.18. The fourth-order valence-electron chi connectivity index (χ4n) is 3.40. The van der Waals surface area contributed by atoms with Crippen LogP contribution in [0.2, 0.25) is 0 Å². The van der Waals surface area contributed by atoms with Crippen molar-refractivity contribution in [2.24, 2.45) is 5.92 Å². The molecule has 112 valence electrons. The zero-order chi connectivity index (χ0) is 15.0. The Kier molecular flexibility index (Phi) is 3.55. The number of aliphatic hydroxyl groups is 1. The van der Waals surface area contributed by atoms with Crippen LogP contribution in [0.1, 0.15) is 18.4 Å². The van der Waals surface area contributed by atoms with Crippen molar-refractivity contribution in [2.75, 3.05) is 0 Å². The SMILES string of the molecule is O=C(OCc1ccccc1)[C@@H]1[C@@H]2C[C@@H](O)[C@@H](C2)N1C(=O)O. The third kappa shape index (κ3) is 2.47. The van der Waals surface area contributed by atoms with Crippen molar-refractivity contribution in [3.8, 4) is 0 Å². The molecule has 1 saturated heterocycles. The van der Waals surface area contributed by atoms with E-state index in [1.165, 1.54) is 0 Å². The van der Waals surface area contributed by atoms with E-state index in [0.29, 0.717) is 12.8 Å². The van der Waals surface area contributed by atoms with E-state index in [4.69, 9.17) is 4.74 Å². The predicted molar refractivity (Wildman–Crippen MR) is 72.4 cm³/mol. The summed E-state index contributed by atoms with van der Waals surface area (Å²) in [7, 11) is 0. The first-order valence-corrected chi connectivity index (χ1v) is 6.98. The Morgan fingerprint density at radius 2 is 1.95 bits per heavy atom. The topological polar surface area (TPSA) is 87.1 Å². The van der Waals surface area contributed by atoms with Crippen LogP contribution >= 0.6 is 0 Å². The molecular formula is C15H17NO5. The van der Waals surface area contributed by atoms with Gasteiger partial charge in [-0.15, -0.1) is 0 Å². The number of nitrogens with zero attached hydrogens (tertiary/aromatic N) is 1. The standard InChI is InChI=1S/C15H17NO5/c17-12-7-10-6-11(12)16(15(19)20)13(10)14(18)21-8-9-4-2-1-3-5-9/h1-5,10-13,17H,6-8H2,(H,19,20)/t10-,11+,12+,13-/m0/s1. The summed E-state index contributed by atoms with van der Waals surface area (Å²) in [5, 5.41) is 19.1. The molecule has 21 heavy (non-hydrogen) atoms. The number of carbonyl (C=O) groups is 2. The number of aliphatic hydroxyl groups excluding tert-OH is 1. The lowest BCUT2D eigenvalue weighted by molar-refractivity contribution is -0.153. The Hall–Kier alpha value is -2.08. The molecule has 1 aromatic carbocycles. The molecule has 1 aliphatic carbocycles. The van der Waals surface area contributed by atoms with Crippen LogP contribution in [0, 0.1) is 5.92 Å². The number of fused-ring (bicyclic) bond motifs is 2. The lowest BCUT2D eigenvalue weighted by Crippen LogP contribution is -2.53. The van der Waals surface area contributed by atoms with Gasteiger partial charge in [-0.2, -0.15) is 0 Å². The second-order valence-corrected chi connectivity index (χ2v) is 5.59. The minimum Gasteiger partial charge on any atom is -0.465 e. The van der Waals surface area contributed by atoms with Crippen LogP contribution in [0.3, 0.4) is 0 Å². The number of benzene rings is 1. The molecule has 1 heterocycles. The number of carbonyl (C=O) groups excluding carboxylic acids is 1. The Morgan fingerprint density at radius 1 is 1.24 bits per heavy atom. The molecule has 6 heteroatoms. The molecule has 0 aromatic heterocycles. The lowest BCUT2D eigenvalue weighted by Gasteiger charge is -2.34. The van der Waals surface area contributed by atoms with E-state index < -0.39 is 30.3 Å².